The number of nitrogens with zero attached hydrogens (tertiary/aromatic N) is 1. The highest BCUT2D eigenvalue weighted by Gasteiger charge is 2.20. The number of hydrogen-bond donors (Lipinski definition) is 2. The van der Waals surface area contributed by atoms with Crippen LogP contribution in [-0.4, -0.2) is 17.1 Å². The summed E-state index contributed by atoms with van der Waals surface area (Å²) in [7, 11) is 0. The number of nitrogens with two attached hydrogens (primary N) is 1. The first-order chi connectivity index (χ1) is 7.11. The molecule has 1 aromatic rings. The molecule has 0 saturated heterocycles. The van der Waals surface area contributed by atoms with Crippen LogP contribution in [0.1, 0.15) is 26.7 Å². The summed E-state index contributed by atoms with van der Waals surface area (Å²) in [5, 5.41) is 3.27. The van der Waals surface area contributed by atoms with E-state index in [1.165, 1.54) is 0 Å². The lowest BCUT2D eigenvalue weighted by Gasteiger charge is -2.27. The minimum Gasteiger partial charge on any atom is -0.367 e. The van der Waals surface area contributed by atoms with Crippen LogP contribution in [0.5, 0.6) is 0 Å². The second-order valence-corrected chi connectivity index (χ2v) is 4.61. The topological polar surface area (TPSA) is 50.9 Å². The summed E-state index contributed by atoms with van der Waals surface area (Å²) in [6.07, 6.45) is 3.69. The Hall–Kier alpha value is -0.610. The van der Waals surface area contributed by atoms with E-state index in [1.807, 2.05) is 12.1 Å². The molecule has 4 heteroatoms. The summed E-state index contributed by atoms with van der Waals surface area (Å²) in [6, 6.07) is 3.86. The van der Waals surface area contributed by atoms with Gasteiger partial charge in [0.25, 0.3) is 0 Å². The fourth-order valence-corrected chi connectivity index (χ4v) is 1.67. The maximum absolute atomic E-state index is 6.19. The van der Waals surface area contributed by atoms with E-state index in [0.717, 1.165) is 29.7 Å². The molecule has 0 spiro atoms. The van der Waals surface area contributed by atoms with Crippen molar-refractivity contribution in [2.45, 2.75) is 32.2 Å². The molecule has 0 fully saturated rings. The number of aromatic nitrogens is 1. The molecule has 1 aromatic heterocycles. The van der Waals surface area contributed by atoms with E-state index in [-0.39, 0.29) is 5.54 Å². The maximum Gasteiger partial charge on any atom is 0.140 e. The molecule has 0 radical (unpaired) electrons. The molecule has 3 N–H and O–H groups in total. The molecular formula is C11H18BrN3. The Morgan fingerprint density at radius 1 is 1.47 bits per heavy atom. The molecule has 0 unspecified atom stereocenters. The Balaban J connectivity index is 2.61. The van der Waals surface area contributed by atoms with Gasteiger partial charge in [0.15, 0.2) is 0 Å². The number of nitrogens with one attached hydrogen (secondary N) is 1. The average molecular weight is 272 g/mol. The highest BCUT2D eigenvalue weighted by Crippen LogP contribution is 2.20. The highest BCUT2D eigenvalue weighted by molar-refractivity contribution is 9.10. The van der Waals surface area contributed by atoms with Gasteiger partial charge in [-0.25, -0.2) is 4.98 Å². The molecule has 0 aliphatic rings. The number of anilines is 1. The van der Waals surface area contributed by atoms with Gasteiger partial charge in [0.05, 0.1) is 4.47 Å². The molecule has 1 heterocycles. The van der Waals surface area contributed by atoms with Crippen LogP contribution in [0.15, 0.2) is 22.8 Å². The zero-order valence-electron chi connectivity index (χ0n) is 9.26. The van der Waals surface area contributed by atoms with Crippen LogP contribution in [0.25, 0.3) is 0 Å². The Morgan fingerprint density at radius 2 is 2.13 bits per heavy atom. The van der Waals surface area contributed by atoms with E-state index in [0.29, 0.717) is 0 Å². The second-order valence-electron chi connectivity index (χ2n) is 3.76. The van der Waals surface area contributed by atoms with E-state index in [1.54, 1.807) is 6.20 Å². The molecule has 84 valence electrons. The largest absolute Gasteiger partial charge is 0.367 e. The maximum atomic E-state index is 6.19. The fraction of sp³-hybridized carbons (Fsp3) is 0.545. The van der Waals surface area contributed by atoms with Crippen LogP contribution in [0.2, 0.25) is 0 Å². The van der Waals surface area contributed by atoms with Crippen LogP contribution in [0.4, 0.5) is 5.82 Å². The van der Waals surface area contributed by atoms with Gasteiger partial charge in [-0.3, -0.25) is 0 Å². The molecule has 3 nitrogen and oxygen atoms in total. The summed E-state index contributed by atoms with van der Waals surface area (Å²) in [5.41, 5.74) is 6.05. The van der Waals surface area contributed by atoms with E-state index >= 15 is 0 Å². The lowest BCUT2D eigenvalue weighted by atomic mass is 9.94. The molecule has 1 rings (SSSR count). The number of rotatable bonds is 5. The summed E-state index contributed by atoms with van der Waals surface area (Å²) in [6.45, 7) is 4.97. The zero-order valence-corrected chi connectivity index (χ0v) is 10.8. The summed E-state index contributed by atoms with van der Waals surface area (Å²) < 4.78 is 0.972. The fourth-order valence-electron chi connectivity index (χ4n) is 1.28. The lowest BCUT2D eigenvalue weighted by molar-refractivity contribution is 0.418. The normalized spacial score (nSPS) is 11.5. The molecule has 0 atom stereocenters. The van der Waals surface area contributed by atoms with Gasteiger partial charge in [0.1, 0.15) is 5.82 Å². The van der Waals surface area contributed by atoms with Gasteiger partial charge < -0.3 is 11.1 Å². The minimum atomic E-state index is -0.142. The Bertz CT molecular complexity index is 310. The van der Waals surface area contributed by atoms with E-state index in [4.69, 9.17) is 5.73 Å². The molecular weight excluding hydrogens is 254 g/mol. The van der Waals surface area contributed by atoms with Crippen molar-refractivity contribution >= 4 is 21.7 Å². The quantitative estimate of drug-likeness (QED) is 0.866. The van der Waals surface area contributed by atoms with Crippen molar-refractivity contribution in [2.75, 3.05) is 11.9 Å². The SMILES string of the molecule is CCC(N)(CC)CNc1ncccc1Br. The van der Waals surface area contributed by atoms with Crippen molar-refractivity contribution in [3.8, 4) is 0 Å². The predicted octanol–water partition coefficient (Wildman–Crippen LogP) is 2.77. The molecule has 0 amide bonds. The van der Waals surface area contributed by atoms with Crippen LogP contribution in [0, 0.1) is 0 Å². The first-order valence-electron chi connectivity index (χ1n) is 5.24. The van der Waals surface area contributed by atoms with Gasteiger partial charge in [-0.05, 0) is 40.9 Å². The highest BCUT2D eigenvalue weighted by atomic mass is 79.9. The number of hydrogen-bond acceptors (Lipinski definition) is 3. The van der Waals surface area contributed by atoms with Crippen LogP contribution in [0.3, 0.4) is 0 Å². The van der Waals surface area contributed by atoms with Gasteiger partial charge >= 0.3 is 0 Å². The minimum absolute atomic E-state index is 0.142. The van der Waals surface area contributed by atoms with Crippen molar-refractivity contribution < 1.29 is 0 Å². The van der Waals surface area contributed by atoms with Crippen molar-refractivity contribution in [1.29, 1.82) is 0 Å². The monoisotopic (exact) mass is 271 g/mol. The van der Waals surface area contributed by atoms with Gasteiger partial charge in [-0.1, -0.05) is 13.8 Å². The first kappa shape index (κ1) is 12.5. The number of halogens is 1. The first-order valence-corrected chi connectivity index (χ1v) is 6.04. The van der Waals surface area contributed by atoms with Crippen molar-refractivity contribution in [3.63, 3.8) is 0 Å². The summed E-state index contributed by atoms with van der Waals surface area (Å²) >= 11 is 3.44. The van der Waals surface area contributed by atoms with Gasteiger partial charge in [0.2, 0.25) is 0 Å². The average Bonchev–Trinajstić information content (AvgIpc) is 2.28. The molecule has 0 aromatic carbocycles. The lowest BCUT2D eigenvalue weighted by Crippen LogP contribution is -2.45. The standard InChI is InChI=1S/C11H18BrN3/c1-3-11(13,4-2)8-15-10-9(12)6-5-7-14-10/h5-7H,3-4,8,13H2,1-2H3,(H,14,15). The number of pyridine rings is 1. The Morgan fingerprint density at radius 3 is 2.67 bits per heavy atom. The third-order valence-corrected chi connectivity index (χ3v) is 3.41. The third kappa shape index (κ3) is 3.47. The van der Waals surface area contributed by atoms with E-state index in [2.05, 4.69) is 40.1 Å². The second kappa shape index (κ2) is 5.47. The molecule has 0 bridgehead atoms. The van der Waals surface area contributed by atoms with Crippen molar-refractivity contribution in [2.24, 2.45) is 5.73 Å². The molecule has 0 aliphatic carbocycles. The van der Waals surface area contributed by atoms with E-state index < -0.39 is 0 Å². The summed E-state index contributed by atoms with van der Waals surface area (Å²) in [4.78, 5) is 4.24. The summed E-state index contributed by atoms with van der Waals surface area (Å²) in [5.74, 6) is 0.856. The van der Waals surface area contributed by atoms with Crippen LogP contribution in [-0.2, 0) is 0 Å². The zero-order chi connectivity index (χ0) is 11.3. The molecule has 15 heavy (non-hydrogen) atoms. The van der Waals surface area contributed by atoms with Crippen LogP contribution < -0.4 is 11.1 Å². The van der Waals surface area contributed by atoms with E-state index in [9.17, 15) is 0 Å². The smallest absolute Gasteiger partial charge is 0.140 e. The van der Waals surface area contributed by atoms with Crippen molar-refractivity contribution in [3.05, 3.63) is 22.8 Å². The van der Waals surface area contributed by atoms with Gasteiger partial charge in [-0.15, -0.1) is 0 Å². The van der Waals surface area contributed by atoms with Crippen LogP contribution >= 0.6 is 15.9 Å². The predicted molar refractivity (Wildman–Crippen MR) is 67.9 cm³/mol. The Labute approximate surface area is 99.6 Å². The van der Waals surface area contributed by atoms with Crippen molar-refractivity contribution in [1.82, 2.24) is 4.98 Å². The molecule has 0 saturated carbocycles. The Kier molecular flexibility index (Phi) is 4.54. The molecule has 0 aliphatic heterocycles. The third-order valence-electron chi connectivity index (χ3n) is 2.77. The van der Waals surface area contributed by atoms with Gasteiger partial charge in [0, 0.05) is 18.3 Å². The van der Waals surface area contributed by atoms with Gasteiger partial charge in [-0.2, -0.15) is 0 Å².